The molecule has 3 rings (SSSR count). The van der Waals surface area contributed by atoms with Crippen molar-refractivity contribution in [1.29, 1.82) is 0 Å². The highest BCUT2D eigenvalue weighted by atomic mass is 19.1. The van der Waals surface area contributed by atoms with Crippen molar-refractivity contribution < 1.29 is 18.7 Å². The molecule has 25 heavy (non-hydrogen) atoms. The summed E-state index contributed by atoms with van der Waals surface area (Å²) in [5, 5.41) is 2.77. The summed E-state index contributed by atoms with van der Waals surface area (Å²) in [4.78, 5) is 14.2. The predicted octanol–water partition coefficient (Wildman–Crippen LogP) is 2.85. The zero-order valence-corrected chi connectivity index (χ0v) is 14.1. The molecule has 1 heterocycles. The van der Waals surface area contributed by atoms with Gasteiger partial charge >= 0.3 is 0 Å². The monoisotopic (exact) mass is 344 g/mol. The Morgan fingerprint density at radius 1 is 1.32 bits per heavy atom. The minimum absolute atomic E-state index is 0.00901. The number of benzene rings is 2. The molecule has 0 saturated carbocycles. The summed E-state index contributed by atoms with van der Waals surface area (Å²) in [7, 11) is 2.06. The van der Waals surface area contributed by atoms with Crippen LogP contribution in [0.25, 0.3) is 0 Å². The van der Waals surface area contributed by atoms with Crippen molar-refractivity contribution in [1.82, 2.24) is 4.90 Å². The number of para-hydroxylation sites is 1. The zero-order valence-electron chi connectivity index (χ0n) is 14.1. The fourth-order valence-corrected chi connectivity index (χ4v) is 2.70. The van der Waals surface area contributed by atoms with Crippen molar-refractivity contribution in [2.45, 2.75) is 6.10 Å². The van der Waals surface area contributed by atoms with Crippen LogP contribution in [-0.4, -0.2) is 44.2 Å². The van der Waals surface area contributed by atoms with E-state index in [1.807, 2.05) is 18.2 Å². The average Bonchev–Trinajstić information content (AvgIpc) is 2.61. The van der Waals surface area contributed by atoms with Crippen LogP contribution in [0, 0.1) is 5.82 Å². The number of halogens is 1. The highest BCUT2D eigenvalue weighted by molar-refractivity contribution is 5.91. The van der Waals surface area contributed by atoms with Gasteiger partial charge in [-0.25, -0.2) is 4.39 Å². The molecular weight excluding hydrogens is 323 g/mol. The molecule has 2 aromatic carbocycles. The molecule has 0 radical (unpaired) electrons. The van der Waals surface area contributed by atoms with Gasteiger partial charge in [0.25, 0.3) is 5.91 Å². The molecule has 1 aliphatic heterocycles. The lowest BCUT2D eigenvalue weighted by Gasteiger charge is -2.30. The van der Waals surface area contributed by atoms with Crippen molar-refractivity contribution >= 4 is 11.6 Å². The van der Waals surface area contributed by atoms with Crippen LogP contribution in [0.1, 0.15) is 11.7 Å². The van der Waals surface area contributed by atoms with Crippen LogP contribution in [0.5, 0.6) is 5.75 Å². The second-order valence-corrected chi connectivity index (χ2v) is 6.01. The van der Waals surface area contributed by atoms with E-state index in [0.29, 0.717) is 12.3 Å². The van der Waals surface area contributed by atoms with Gasteiger partial charge in [0.05, 0.1) is 12.7 Å². The van der Waals surface area contributed by atoms with Gasteiger partial charge in [0.15, 0.2) is 18.2 Å². The van der Waals surface area contributed by atoms with Gasteiger partial charge in [-0.15, -0.1) is 0 Å². The van der Waals surface area contributed by atoms with Gasteiger partial charge in [-0.2, -0.15) is 0 Å². The van der Waals surface area contributed by atoms with E-state index in [0.717, 1.165) is 18.7 Å². The molecule has 1 unspecified atom stereocenters. The molecular formula is C19H21FN2O3. The first-order valence-corrected chi connectivity index (χ1v) is 8.19. The minimum atomic E-state index is -0.490. The highest BCUT2D eigenvalue weighted by Crippen LogP contribution is 2.24. The zero-order chi connectivity index (χ0) is 17.6. The van der Waals surface area contributed by atoms with E-state index in [2.05, 4.69) is 17.3 Å². The normalized spacial score (nSPS) is 17.9. The van der Waals surface area contributed by atoms with Crippen LogP contribution in [0.15, 0.2) is 48.5 Å². The number of anilines is 1. The van der Waals surface area contributed by atoms with Crippen LogP contribution in [0.2, 0.25) is 0 Å². The van der Waals surface area contributed by atoms with Crippen molar-refractivity contribution in [3.8, 4) is 5.75 Å². The number of hydrogen-bond donors (Lipinski definition) is 1. The number of carbonyl (C=O) groups is 1. The Bertz CT molecular complexity index is 738. The largest absolute Gasteiger partial charge is 0.481 e. The molecule has 132 valence electrons. The summed E-state index contributed by atoms with van der Waals surface area (Å²) in [6.45, 7) is 2.16. The van der Waals surface area contributed by atoms with E-state index >= 15 is 0 Å². The molecule has 1 saturated heterocycles. The Hall–Kier alpha value is -2.44. The van der Waals surface area contributed by atoms with Crippen molar-refractivity contribution in [2.24, 2.45) is 0 Å². The van der Waals surface area contributed by atoms with Crippen molar-refractivity contribution in [3.63, 3.8) is 0 Å². The third-order valence-electron chi connectivity index (χ3n) is 4.01. The van der Waals surface area contributed by atoms with Crippen LogP contribution < -0.4 is 10.1 Å². The maximum absolute atomic E-state index is 13.5. The molecule has 1 atom stereocenters. The van der Waals surface area contributed by atoms with Crippen LogP contribution in [0.3, 0.4) is 0 Å². The molecule has 5 nitrogen and oxygen atoms in total. The van der Waals surface area contributed by atoms with Gasteiger partial charge in [-0.1, -0.05) is 24.3 Å². The van der Waals surface area contributed by atoms with Crippen LogP contribution in [0.4, 0.5) is 10.1 Å². The summed E-state index contributed by atoms with van der Waals surface area (Å²) in [5.74, 6) is -0.775. The quantitative estimate of drug-likeness (QED) is 0.906. The van der Waals surface area contributed by atoms with E-state index in [-0.39, 0.29) is 24.4 Å². The summed E-state index contributed by atoms with van der Waals surface area (Å²) >= 11 is 0. The smallest absolute Gasteiger partial charge is 0.262 e. The SMILES string of the molecule is CN1CCOC(c2cccc(NC(=O)COc3ccccc3F)c2)C1. The molecule has 0 spiro atoms. The van der Waals surface area contributed by atoms with Crippen molar-refractivity contribution in [2.75, 3.05) is 38.7 Å². The first kappa shape index (κ1) is 17.4. The fraction of sp³-hybridized carbons (Fsp3) is 0.316. The minimum Gasteiger partial charge on any atom is -0.481 e. The van der Waals surface area contributed by atoms with E-state index in [1.54, 1.807) is 18.2 Å². The number of morpholine rings is 1. The van der Waals surface area contributed by atoms with Gasteiger partial charge < -0.3 is 19.7 Å². The van der Waals surface area contributed by atoms with E-state index < -0.39 is 5.82 Å². The maximum atomic E-state index is 13.5. The summed E-state index contributed by atoms with van der Waals surface area (Å²) in [6, 6.07) is 13.6. The van der Waals surface area contributed by atoms with E-state index in [4.69, 9.17) is 9.47 Å². The lowest BCUT2D eigenvalue weighted by Crippen LogP contribution is -2.35. The average molecular weight is 344 g/mol. The fourth-order valence-electron chi connectivity index (χ4n) is 2.70. The summed E-state index contributed by atoms with van der Waals surface area (Å²) in [5.41, 5.74) is 1.68. The lowest BCUT2D eigenvalue weighted by atomic mass is 10.1. The topological polar surface area (TPSA) is 50.8 Å². The lowest BCUT2D eigenvalue weighted by molar-refractivity contribution is -0.118. The number of nitrogens with one attached hydrogen (secondary N) is 1. The van der Waals surface area contributed by atoms with E-state index in [1.165, 1.54) is 12.1 Å². The summed E-state index contributed by atoms with van der Waals surface area (Å²) < 4.78 is 24.5. The Labute approximate surface area is 146 Å². The third-order valence-corrected chi connectivity index (χ3v) is 4.01. The standard InChI is InChI=1S/C19H21FN2O3/c1-22-9-10-24-18(12-22)14-5-4-6-15(11-14)21-19(23)13-25-17-8-3-2-7-16(17)20/h2-8,11,18H,9-10,12-13H2,1H3,(H,21,23). The van der Waals surface area contributed by atoms with Gasteiger partial charge in [-0.3, -0.25) is 4.79 Å². The molecule has 1 fully saturated rings. The first-order valence-electron chi connectivity index (χ1n) is 8.19. The second-order valence-electron chi connectivity index (χ2n) is 6.01. The molecule has 1 amide bonds. The highest BCUT2D eigenvalue weighted by Gasteiger charge is 2.19. The molecule has 0 bridgehead atoms. The van der Waals surface area contributed by atoms with Crippen molar-refractivity contribution in [3.05, 3.63) is 59.9 Å². The Morgan fingerprint density at radius 3 is 2.96 bits per heavy atom. The van der Waals surface area contributed by atoms with Gasteiger partial charge in [0.2, 0.25) is 0 Å². The van der Waals surface area contributed by atoms with E-state index in [9.17, 15) is 9.18 Å². The second kappa shape index (κ2) is 8.09. The summed E-state index contributed by atoms with van der Waals surface area (Å²) in [6.07, 6.45) is -0.00901. The predicted molar refractivity (Wildman–Crippen MR) is 93.2 cm³/mol. The first-order chi connectivity index (χ1) is 12.1. The molecule has 0 aliphatic carbocycles. The molecule has 6 heteroatoms. The number of likely N-dealkylation sites (N-methyl/N-ethyl adjacent to an activating group) is 1. The maximum Gasteiger partial charge on any atom is 0.262 e. The Balaban J connectivity index is 1.58. The third kappa shape index (κ3) is 4.78. The van der Waals surface area contributed by atoms with Crippen LogP contribution >= 0.6 is 0 Å². The molecule has 1 N–H and O–H groups in total. The number of ether oxygens (including phenoxy) is 2. The molecule has 2 aromatic rings. The number of amides is 1. The van der Waals surface area contributed by atoms with Gasteiger partial charge in [0.1, 0.15) is 0 Å². The number of hydrogen-bond acceptors (Lipinski definition) is 4. The van der Waals surface area contributed by atoms with Gasteiger partial charge in [0, 0.05) is 18.8 Å². The number of nitrogens with zero attached hydrogens (tertiary/aromatic N) is 1. The Kier molecular flexibility index (Phi) is 5.63. The van der Waals surface area contributed by atoms with Gasteiger partial charge in [-0.05, 0) is 36.9 Å². The number of carbonyl (C=O) groups excluding carboxylic acids is 1. The number of rotatable bonds is 5. The molecule has 0 aromatic heterocycles. The molecule has 1 aliphatic rings. The van der Waals surface area contributed by atoms with Crippen LogP contribution in [-0.2, 0) is 9.53 Å². The Morgan fingerprint density at radius 2 is 2.16 bits per heavy atom.